The molecule has 2 rings (SSSR count). The Hall–Kier alpha value is -1.61. The molecule has 0 aliphatic carbocycles. The fourth-order valence-corrected chi connectivity index (χ4v) is 1.68. The van der Waals surface area contributed by atoms with Gasteiger partial charge in [0.15, 0.2) is 11.6 Å². The number of hydrogen-bond acceptors (Lipinski definition) is 1. The van der Waals surface area contributed by atoms with Crippen molar-refractivity contribution in [1.82, 2.24) is 0 Å². The van der Waals surface area contributed by atoms with E-state index in [4.69, 9.17) is 11.6 Å². The maximum Gasteiger partial charge on any atom is 0.181 e. The third kappa shape index (κ3) is 2.74. The molecule has 0 aromatic heterocycles. The summed E-state index contributed by atoms with van der Waals surface area (Å²) in [7, 11) is 0. The number of hydrogen-bond donors (Lipinski definition) is 1. The molecule has 0 amide bonds. The van der Waals surface area contributed by atoms with Crippen molar-refractivity contribution < 1.29 is 8.78 Å². The zero-order valence-corrected chi connectivity index (χ0v) is 9.64. The normalized spacial score (nSPS) is 10.3. The van der Waals surface area contributed by atoms with E-state index in [0.29, 0.717) is 11.6 Å². The largest absolute Gasteiger partial charge is 0.378 e. The monoisotopic (exact) mass is 253 g/mol. The molecule has 1 N–H and O–H groups in total. The van der Waals surface area contributed by atoms with Gasteiger partial charge in [0.25, 0.3) is 0 Å². The van der Waals surface area contributed by atoms with Gasteiger partial charge in [0.05, 0.1) is 5.69 Å². The molecule has 2 aromatic rings. The van der Waals surface area contributed by atoms with Crippen molar-refractivity contribution in [3.63, 3.8) is 0 Å². The fourth-order valence-electron chi connectivity index (χ4n) is 1.47. The third-order valence-corrected chi connectivity index (χ3v) is 2.75. The number of anilines is 1. The van der Waals surface area contributed by atoms with Gasteiger partial charge in [-0.3, -0.25) is 0 Å². The highest BCUT2D eigenvalue weighted by Crippen LogP contribution is 2.20. The lowest BCUT2D eigenvalue weighted by molar-refractivity contribution is 0.511. The minimum atomic E-state index is -0.875. The van der Waals surface area contributed by atoms with Crippen LogP contribution in [0.3, 0.4) is 0 Å². The zero-order valence-electron chi connectivity index (χ0n) is 8.88. The minimum Gasteiger partial charge on any atom is -0.378 e. The summed E-state index contributed by atoms with van der Waals surface area (Å²) in [5.41, 5.74) is 0.961. The SMILES string of the molecule is Fc1cccc(NCc2ccccc2Cl)c1F. The minimum absolute atomic E-state index is 0.130. The predicted molar refractivity (Wildman–Crippen MR) is 65.1 cm³/mol. The van der Waals surface area contributed by atoms with Gasteiger partial charge in [-0.25, -0.2) is 8.78 Å². The van der Waals surface area contributed by atoms with Crippen LogP contribution in [0.1, 0.15) is 5.56 Å². The molecule has 0 atom stereocenters. The summed E-state index contributed by atoms with van der Waals surface area (Å²) < 4.78 is 26.3. The Labute approximate surface area is 103 Å². The van der Waals surface area contributed by atoms with Crippen molar-refractivity contribution in [2.75, 3.05) is 5.32 Å². The Balaban J connectivity index is 2.13. The van der Waals surface area contributed by atoms with Crippen molar-refractivity contribution in [2.45, 2.75) is 6.54 Å². The van der Waals surface area contributed by atoms with Crippen molar-refractivity contribution in [3.8, 4) is 0 Å². The van der Waals surface area contributed by atoms with Crippen LogP contribution >= 0.6 is 11.6 Å². The second kappa shape index (κ2) is 5.15. The van der Waals surface area contributed by atoms with E-state index in [1.807, 2.05) is 18.2 Å². The first-order valence-corrected chi connectivity index (χ1v) is 5.47. The predicted octanol–water partition coefficient (Wildman–Crippen LogP) is 4.23. The number of rotatable bonds is 3. The summed E-state index contributed by atoms with van der Waals surface area (Å²) in [5.74, 6) is -1.74. The second-order valence-corrected chi connectivity index (χ2v) is 3.95. The van der Waals surface area contributed by atoms with Gasteiger partial charge in [-0.2, -0.15) is 0 Å². The van der Waals surface area contributed by atoms with E-state index in [0.717, 1.165) is 11.6 Å². The van der Waals surface area contributed by atoms with Gasteiger partial charge in [0.1, 0.15) is 0 Å². The van der Waals surface area contributed by atoms with Crippen LogP contribution < -0.4 is 5.32 Å². The standard InChI is InChI=1S/C13H10ClF2N/c14-10-5-2-1-4-9(10)8-17-12-7-3-6-11(15)13(12)16/h1-7,17H,8H2. The van der Waals surface area contributed by atoms with Gasteiger partial charge in [0.2, 0.25) is 0 Å². The molecule has 2 aromatic carbocycles. The quantitative estimate of drug-likeness (QED) is 0.863. The molecule has 0 saturated carbocycles. The highest BCUT2D eigenvalue weighted by atomic mass is 35.5. The van der Waals surface area contributed by atoms with Crippen LogP contribution in [0.2, 0.25) is 5.02 Å². The molecule has 0 radical (unpaired) electrons. The highest BCUT2D eigenvalue weighted by Gasteiger charge is 2.07. The molecule has 0 unspecified atom stereocenters. The van der Waals surface area contributed by atoms with E-state index < -0.39 is 11.6 Å². The summed E-state index contributed by atoms with van der Waals surface area (Å²) in [5, 5.41) is 3.41. The third-order valence-electron chi connectivity index (χ3n) is 2.38. The van der Waals surface area contributed by atoms with Crippen LogP contribution in [0.5, 0.6) is 0 Å². The maximum absolute atomic E-state index is 13.3. The molecular weight excluding hydrogens is 244 g/mol. The average molecular weight is 254 g/mol. The van der Waals surface area contributed by atoms with Gasteiger partial charge in [0, 0.05) is 11.6 Å². The molecule has 88 valence electrons. The molecule has 0 heterocycles. The molecule has 0 fully saturated rings. The van der Waals surface area contributed by atoms with Gasteiger partial charge < -0.3 is 5.32 Å². The molecule has 4 heteroatoms. The number of benzene rings is 2. The van der Waals surface area contributed by atoms with E-state index in [-0.39, 0.29) is 5.69 Å². The van der Waals surface area contributed by atoms with Gasteiger partial charge in [-0.1, -0.05) is 35.9 Å². The van der Waals surface area contributed by atoms with E-state index in [2.05, 4.69) is 5.32 Å². The molecule has 0 aliphatic rings. The molecule has 0 spiro atoms. The Kier molecular flexibility index (Phi) is 3.59. The van der Waals surface area contributed by atoms with Crippen LogP contribution in [0.25, 0.3) is 0 Å². The topological polar surface area (TPSA) is 12.0 Å². The first kappa shape index (κ1) is 11.9. The summed E-state index contributed by atoms with van der Waals surface area (Å²) in [6, 6.07) is 11.2. The number of halogens is 3. The number of nitrogens with one attached hydrogen (secondary N) is 1. The van der Waals surface area contributed by atoms with Gasteiger partial charge in [-0.15, -0.1) is 0 Å². The molecular formula is C13H10ClF2N. The van der Waals surface area contributed by atoms with E-state index in [1.165, 1.54) is 12.1 Å². The van der Waals surface area contributed by atoms with Gasteiger partial charge in [-0.05, 0) is 23.8 Å². The van der Waals surface area contributed by atoms with E-state index in [1.54, 1.807) is 6.07 Å². The Morgan fingerprint density at radius 1 is 1.00 bits per heavy atom. The zero-order chi connectivity index (χ0) is 12.3. The lowest BCUT2D eigenvalue weighted by Gasteiger charge is -2.09. The summed E-state index contributed by atoms with van der Waals surface area (Å²) in [4.78, 5) is 0. The van der Waals surface area contributed by atoms with Crippen molar-refractivity contribution in [3.05, 3.63) is 64.7 Å². The van der Waals surface area contributed by atoms with Crippen molar-refractivity contribution in [2.24, 2.45) is 0 Å². The van der Waals surface area contributed by atoms with E-state index in [9.17, 15) is 8.78 Å². The Morgan fingerprint density at radius 3 is 2.53 bits per heavy atom. The van der Waals surface area contributed by atoms with Crippen molar-refractivity contribution in [1.29, 1.82) is 0 Å². The lowest BCUT2D eigenvalue weighted by atomic mass is 10.2. The van der Waals surface area contributed by atoms with Crippen LogP contribution in [0.4, 0.5) is 14.5 Å². The smallest absolute Gasteiger partial charge is 0.181 e. The molecule has 0 bridgehead atoms. The highest BCUT2D eigenvalue weighted by molar-refractivity contribution is 6.31. The first-order valence-electron chi connectivity index (χ1n) is 5.10. The van der Waals surface area contributed by atoms with Gasteiger partial charge >= 0.3 is 0 Å². The maximum atomic E-state index is 13.3. The summed E-state index contributed by atoms with van der Waals surface area (Å²) in [6.07, 6.45) is 0. The van der Waals surface area contributed by atoms with Crippen LogP contribution in [-0.2, 0) is 6.54 Å². The van der Waals surface area contributed by atoms with E-state index >= 15 is 0 Å². The first-order chi connectivity index (χ1) is 8.18. The second-order valence-electron chi connectivity index (χ2n) is 3.55. The van der Waals surface area contributed by atoms with Crippen LogP contribution in [0.15, 0.2) is 42.5 Å². The van der Waals surface area contributed by atoms with Crippen LogP contribution in [0, 0.1) is 11.6 Å². The molecule has 1 nitrogen and oxygen atoms in total. The summed E-state index contributed by atoms with van der Waals surface area (Å²) in [6.45, 7) is 0.347. The summed E-state index contributed by atoms with van der Waals surface area (Å²) >= 11 is 5.95. The van der Waals surface area contributed by atoms with Crippen molar-refractivity contribution >= 4 is 17.3 Å². The Morgan fingerprint density at radius 2 is 1.76 bits per heavy atom. The van der Waals surface area contributed by atoms with Crippen LogP contribution in [-0.4, -0.2) is 0 Å². The molecule has 17 heavy (non-hydrogen) atoms. The molecule has 0 aliphatic heterocycles. The lowest BCUT2D eigenvalue weighted by Crippen LogP contribution is -2.03. The average Bonchev–Trinajstić information content (AvgIpc) is 2.33. The Bertz CT molecular complexity index is 529. The fraction of sp³-hybridized carbons (Fsp3) is 0.0769. The molecule has 0 saturated heterocycles.